The maximum absolute atomic E-state index is 13.8. The van der Waals surface area contributed by atoms with Gasteiger partial charge in [0, 0.05) is 12.5 Å². The zero-order chi connectivity index (χ0) is 13.0. The molecule has 0 aliphatic heterocycles. The first-order valence-electron chi connectivity index (χ1n) is 5.65. The van der Waals surface area contributed by atoms with Crippen LogP contribution < -0.4 is 5.73 Å². The van der Waals surface area contributed by atoms with E-state index in [-0.39, 0.29) is 23.8 Å². The maximum Gasteiger partial charge on any atom is 0.170 e. The number of halogens is 2. The molecule has 0 heterocycles. The molecule has 0 radical (unpaired) electrons. The van der Waals surface area contributed by atoms with Gasteiger partial charge in [-0.15, -0.1) is 0 Å². The number of hydrogen-bond acceptors (Lipinski definition) is 2. The predicted molar refractivity (Wildman–Crippen MR) is 70.4 cm³/mol. The van der Waals surface area contributed by atoms with Crippen molar-refractivity contribution in [2.75, 3.05) is 6.54 Å². The van der Waals surface area contributed by atoms with E-state index in [1.54, 1.807) is 12.1 Å². The Morgan fingerprint density at radius 2 is 2.12 bits per heavy atom. The molecule has 0 aliphatic rings. The van der Waals surface area contributed by atoms with Crippen molar-refractivity contribution < 1.29 is 9.18 Å². The van der Waals surface area contributed by atoms with Crippen LogP contribution >= 0.6 is 15.9 Å². The quantitative estimate of drug-likeness (QED) is 0.847. The molecule has 0 saturated heterocycles. The Balaban J connectivity index is 2.98. The fourth-order valence-electron chi connectivity index (χ4n) is 1.79. The highest BCUT2D eigenvalue weighted by Gasteiger charge is 2.23. The van der Waals surface area contributed by atoms with Gasteiger partial charge in [-0.3, -0.25) is 4.79 Å². The van der Waals surface area contributed by atoms with E-state index in [9.17, 15) is 9.18 Å². The minimum atomic E-state index is -0.500. The third kappa shape index (κ3) is 3.61. The van der Waals surface area contributed by atoms with Gasteiger partial charge < -0.3 is 5.73 Å². The Kier molecular flexibility index (Phi) is 5.28. The lowest BCUT2D eigenvalue weighted by Crippen LogP contribution is -2.26. The summed E-state index contributed by atoms with van der Waals surface area (Å²) in [7, 11) is 0. The van der Waals surface area contributed by atoms with Gasteiger partial charge in [0.25, 0.3) is 0 Å². The molecule has 0 bridgehead atoms. The minimum absolute atomic E-state index is 0.121. The van der Waals surface area contributed by atoms with Crippen LogP contribution in [0, 0.1) is 17.7 Å². The Morgan fingerprint density at radius 3 is 2.65 bits per heavy atom. The van der Waals surface area contributed by atoms with Gasteiger partial charge in [-0.2, -0.15) is 0 Å². The Labute approximate surface area is 110 Å². The molecular weight excluding hydrogens is 285 g/mol. The molecule has 0 amide bonds. The summed E-state index contributed by atoms with van der Waals surface area (Å²) in [5, 5.41) is 0. The highest BCUT2D eigenvalue weighted by molar-refractivity contribution is 9.10. The summed E-state index contributed by atoms with van der Waals surface area (Å²) in [4.78, 5) is 12.1. The number of carbonyl (C=O) groups excluding carboxylic acids is 1. The highest BCUT2D eigenvalue weighted by atomic mass is 79.9. The van der Waals surface area contributed by atoms with Crippen LogP contribution in [0.25, 0.3) is 0 Å². The zero-order valence-electron chi connectivity index (χ0n) is 10.0. The molecule has 1 rings (SSSR count). The lowest BCUT2D eigenvalue weighted by Gasteiger charge is -2.16. The van der Waals surface area contributed by atoms with Crippen molar-refractivity contribution in [2.24, 2.45) is 17.6 Å². The SMILES string of the molecule is CC(C)CC(CN)C(=O)c1cccc(Br)c1F. The number of hydrogen-bond donors (Lipinski definition) is 1. The Hall–Kier alpha value is -0.740. The number of nitrogens with two attached hydrogens (primary N) is 1. The van der Waals surface area contributed by atoms with Gasteiger partial charge in [-0.05, 0) is 40.4 Å². The van der Waals surface area contributed by atoms with Crippen LogP contribution in [0.15, 0.2) is 22.7 Å². The average Bonchev–Trinajstić information content (AvgIpc) is 2.28. The number of Topliss-reactive ketones (excluding diaryl/α,β-unsaturated/α-hetero) is 1. The van der Waals surface area contributed by atoms with E-state index in [0.29, 0.717) is 16.8 Å². The number of rotatable bonds is 5. The zero-order valence-corrected chi connectivity index (χ0v) is 11.6. The fraction of sp³-hybridized carbons (Fsp3) is 0.462. The van der Waals surface area contributed by atoms with E-state index < -0.39 is 5.82 Å². The summed E-state index contributed by atoms with van der Waals surface area (Å²) >= 11 is 3.08. The first-order valence-corrected chi connectivity index (χ1v) is 6.45. The largest absolute Gasteiger partial charge is 0.330 e. The van der Waals surface area contributed by atoms with Gasteiger partial charge in [0.1, 0.15) is 5.82 Å². The second kappa shape index (κ2) is 6.26. The molecule has 1 aromatic rings. The lowest BCUT2D eigenvalue weighted by atomic mass is 9.89. The molecule has 1 unspecified atom stereocenters. The standard InChI is InChI=1S/C13H17BrFNO/c1-8(2)6-9(7-16)13(17)10-4-3-5-11(14)12(10)15/h3-5,8-9H,6-7,16H2,1-2H3. The topological polar surface area (TPSA) is 43.1 Å². The van der Waals surface area contributed by atoms with Crippen molar-refractivity contribution in [1.29, 1.82) is 0 Å². The van der Waals surface area contributed by atoms with Crippen molar-refractivity contribution in [3.63, 3.8) is 0 Å². The molecule has 0 saturated carbocycles. The first kappa shape index (κ1) is 14.3. The summed E-state index contributed by atoms with van der Waals surface area (Å²) in [6.45, 7) is 4.30. The van der Waals surface area contributed by atoms with Gasteiger partial charge in [0.15, 0.2) is 5.78 Å². The summed E-state index contributed by atoms with van der Waals surface area (Å²) in [6.07, 6.45) is 0.682. The monoisotopic (exact) mass is 301 g/mol. The van der Waals surface area contributed by atoms with Crippen LogP contribution in [0.2, 0.25) is 0 Å². The Morgan fingerprint density at radius 1 is 1.47 bits per heavy atom. The predicted octanol–water partition coefficient (Wildman–Crippen LogP) is 3.39. The van der Waals surface area contributed by atoms with Gasteiger partial charge in [0.05, 0.1) is 10.0 Å². The Bertz CT molecular complexity index is 406. The summed E-state index contributed by atoms with van der Waals surface area (Å²) in [5.74, 6) is -0.652. The van der Waals surface area contributed by atoms with Crippen LogP contribution in [0.1, 0.15) is 30.6 Å². The van der Waals surface area contributed by atoms with E-state index in [1.165, 1.54) is 6.07 Å². The molecule has 1 aromatic carbocycles. The van der Waals surface area contributed by atoms with Crippen molar-refractivity contribution in [1.82, 2.24) is 0 Å². The van der Waals surface area contributed by atoms with Crippen molar-refractivity contribution in [3.05, 3.63) is 34.1 Å². The molecule has 1 atom stereocenters. The molecule has 2 nitrogen and oxygen atoms in total. The van der Waals surface area contributed by atoms with Crippen LogP contribution in [0.5, 0.6) is 0 Å². The molecule has 0 spiro atoms. The average molecular weight is 302 g/mol. The third-order valence-corrected chi connectivity index (χ3v) is 3.24. The molecule has 94 valence electrons. The summed E-state index contributed by atoms with van der Waals surface area (Å²) < 4.78 is 14.1. The highest BCUT2D eigenvalue weighted by Crippen LogP contribution is 2.23. The number of ketones is 1. The van der Waals surface area contributed by atoms with E-state index in [2.05, 4.69) is 15.9 Å². The second-order valence-electron chi connectivity index (χ2n) is 4.53. The fourth-order valence-corrected chi connectivity index (χ4v) is 2.16. The van der Waals surface area contributed by atoms with Crippen LogP contribution in [-0.2, 0) is 0 Å². The van der Waals surface area contributed by atoms with E-state index >= 15 is 0 Å². The smallest absolute Gasteiger partial charge is 0.170 e. The summed E-state index contributed by atoms with van der Waals surface area (Å²) in [5.41, 5.74) is 5.71. The normalized spacial score (nSPS) is 12.8. The second-order valence-corrected chi connectivity index (χ2v) is 5.38. The molecule has 0 aliphatic carbocycles. The van der Waals surface area contributed by atoms with Gasteiger partial charge in [-0.25, -0.2) is 4.39 Å². The van der Waals surface area contributed by atoms with E-state index in [1.807, 2.05) is 13.8 Å². The van der Waals surface area contributed by atoms with E-state index in [0.717, 1.165) is 0 Å². The van der Waals surface area contributed by atoms with Crippen molar-refractivity contribution in [2.45, 2.75) is 20.3 Å². The molecule has 0 aromatic heterocycles. The van der Waals surface area contributed by atoms with Crippen LogP contribution in [-0.4, -0.2) is 12.3 Å². The number of carbonyl (C=O) groups is 1. The molecule has 4 heteroatoms. The van der Waals surface area contributed by atoms with Crippen molar-refractivity contribution >= 4 is 21.7 Å². The van der Waals surface area contributed by atoms with Crippen molar-refractivity contribution in [3.8, 4) is 0 Å². The lowest BCUT2D eigenvalue weighted by molar-refractivity contribution is 0.0904. The molecule has 2 N–H and O–H groups in total. The minimum Gasteiger partial charge on any atom is -0.330 e. The van der Waals surface area contributed by atoms with Gasteiger partial charge in [0.2, 0.25) is 0 Å². The van der Waals surface area contributed by atoms with Crippen LogP contribution in [0.4, 0.5) is 4.39 Å². The molecule has 0 fully saturated rings. The van der Waals surface area contributed by atoms with E-state index in [4.69, 9.17) is 5.73 Å². The third-order valence-electron chi connectivity index (χ3n) is 2.63. The summed E-state index contributed by atoms with van der Waals surface area (Å²) in [6, 6.07) is 4.74. The molecule has 17 heavy (non-hydrogen) atoms. The molecular formula is C13H17BrFNO. The number of benzene rings is 1. The van der Waals surface area contributed by atoms with Crippen LogP contribution in [0.3, 0.4) is 0 Å². The van der Waals surface area contributed by atoms with Gasteiger partial charge in [-0.1, -0.05) is 19.9 Å². The maximum atomic E-state index is 13.8. The first-order chi connectivity index (χ1) is 7.97. The van der Waals surface area contributed by atoms with Gasteiger partial charge >= 0.3 is 0 Å².